The van der Waals surface area contributed by atoms with Gasteiger partial charge < -0.3 is 15.0 Å². The number of carbonyl (C=O) groups excluding carboxylic acids is 1. The van der Waals surface area contributed by atoms with Crippen LogP contribution in [0.15, 0.2) is 34.2 Å². The SMILES string of the molecule is CC1=C(c2cccc(Cl)c2)S(=O)(=O)N=C1N1CCC(NC(=O)C2CCCO2)CC1. The highest BCUT2D eigenvalue weighted by Crippen LogP contribution is 2.35. The normalized spacial score (nSPS) is 24.7. The van der Waals surface area contributed by atoms with Crippen molar-refractivity contribution in [2.45, 2.75) is 44.8 Å². The highest BCUT2D eigenvalue weighted by atomic mass is 35.5. The molecule has 3 aliphatic rings. The minimum atomic E-state index is -3.77. The third kappa shape index (κ3) is 4.20. The minimum absolute atomic E-state index is 0.0407. The van der Waals surface area contributed by atoms with E-state index in [9.17, 15) is 13.2 Å². The molecule has 1 aromatic carbocycles. The Labute approximate surface area is 175 Å². The summed E-state index contributed by atoms with van der Waals surface area (Å²) in [5.74, 6) is 0.449. The Morgan fingerprint density at radius 1 is 1.28 bits per heavy atom. The highest BCUT2D eigenvalue weighted by molar-refractivity contribution is 8.00. The number of hydrogen-bond donors (Lipinski definition) is 1. The summed E-state index contributed by atoms with van der Waals surface area (Å²) in [6, 6.07) is 6.88. The molecule has 2 saturated heterocycles. The molecule has 0 aliphatic carbocycles. The van der Waals surface area contributed by atoms with Gasteiger partial charge in [0.1, 0.15) is 16.8 Å². The average molecular weight is 438 g/mol. The van der Waals surface area contributed by atoms with Crippen LogP contribution in [-0.4, -0.2) is 56.9 Å². The number of amidine groups is 1. The molecule has 0 aromatic heterocycles. The zero-order valence-corrected chi connectivity index (χ0v) is 17.8. The number of nitrogens with one attached hydrogen (secondary N) is 1. The van der Waals surface area contributed by atoms with E-state index in [0.717, 1.165) is 25.7 Å². The van der Waals surface area contributed by atoms with Crippen molar-refractivity contribution in [1.29, 1.82) is 0 Å². The molecule has 1 atom stereocenters. The van der Waals surface area contributed by atoms with Gasteiger partial charge in [-0.1, -0.05) is 23.7 Å². The van der Waals surface area contributed by atoms with Gasteiger partial charge in [-0.05, 0) is 50.3 Å². The van der Waals surface area contributed by atoms with Gasteiger partial charge in [0.25, 0.3) is 10.0 Å². The summed E-state index contributed by atoms with van der Waals surface area (Å²) >= 11 is 6.05. The molecule has 1 unspecified atom stereocenters. The molecule has 2 fully saturated rings. The topological polar surface area (TPSA) is 88.1 Å². The second-order valence-electron chi connectivity index (χ2n) is 7.63. The Morgan fingerprint density at radius 3 is 2.69 bits per heavy atom. The van der Waals surface area contributed by atoms with Crippen molar-refractivity contribution in [3.63, 3.8) is 0 Å². The van der Waals surface area contributed by atoms with E-state index in [1.807, 2.05) is 4.90 Å². The number of sulfonamides is 1. The molecule has 9 heteroatoms. The monoisotopic (exact) mass is 437 g/mol. The summed E-state index contributed by atoms with van der Waals surface area (Å²) in [6.45, 7) is 3.69. The quantitative estimate of drug-likeness (QED) is 0.785. The van der Waals surface area contributed by atoms with E-state index in [1.165, 1.54) is 0 Å². The van der Waals surface area contributed by atoms with Crippen LogP contribution in [0.5, 0.6) is 0 Å². The number of piperidine rings is 1. The van der Waals surface area contributed by atoms with Crippen molar-refractivity contribution >= 4 is 38.3 Å². The van der Waals surface area contributed by atoms with Crippen molar-refractivity contribution < 1.29 is 17.9 Å². The summed E-state index contributed by atoms with van der Waals surface area (Å²) in [5.41, 5.74) is 1.18. The molecular formula is C20H24ClN3O4S. The fourth-order valence-corrected chi connectivity index (χ4v) is 5.79. The van der Waals surface area contributed by atoms with Crippen molar-refractivity contribution in [3.8, 4) is 0 Å². The van der Waals surface area contributed by atoms with Crippen molar-refractivity contribution in [2.24, 2.45) is 4.40 Å². The second kappa shape index (κ2) is 8.08. The first-order chi connectivity index (χ1) is 13.8. The second-order valence-corrected chi connectivity index (χ2v) is 9.60. The van der Waals surface area contributed by atoms with Crippen LogP contribution in [-0.2, 0) is 19.6 Å². The lowest BCUT2D eigenvalue weighted by Crippen LogP contribution is -2.48. The van der Waals surface area contributed by atoms with Crippen molar-refractivity contribution in [3.05, 3.63) is 40.4 Å². The van der Waals surface area contributed by atoms with Crippen molar-refractivity contribution in [2.75, 3.05) is 19.7 Å². The minimum Gasteiger partial charge on any atom is -0.368 e. The standard InChI is InChI=1S/C20H24ClN3O4S/c1-13-18(14-4-2-5-15(21)12-14)29(26,27)23-19(13)24-9-7-16(8-10-24)22-20(25)17-6-3-11-28-17/h2,4-5,12,16-17H,3,6-11H2,1H3,(H,22,25). The summed E-state index contributed by atoms with van der Waals surface area (Å²) in [4.78, 5) is 14.4. The van der Waals surface area contributed by atoms with Gasteiger partial charge in [0, 0.05) is 36.3 Å². The van der Waals surface area contributed by atoms with Gasteiger partial charge in [-0.3, -0.25) is 4.79 Å². The van der Waals surface area contributed by atoms with Crippen LogP contribution in [0.1, 0.15) is 38.2 Å². The number of ether oxygens (including phenoxy) is 1. The van der Waals surface area contributed by atoms with Gasteiger partial charge in [-0.15, -0.1) is 4.40 Å². The maximum Gasteiger partial charge on any atom is 0.285 e. The molecule has 0 saturated carbocycles. The molecule has 0 bridgehead atoms. The molecule has 1 aromatic rings. The van der Waals surface area contributed by atoms with E-state index in [0.29, 0.717) is 41.7 Å². The third-order valence-corrected chi connectivity index (χ3v) is 7.30. The first kappa shape index (κ1) is 20.4. The van der Waals surface area contributed by atoms with E-state index in [1.54, 1.807) is 31.2 Å². The van der Waals surface area contributed by atoms with E-state index >= 15 is 0 Å². The largest absolute Gasteiger partial charge is 0.368 e. The smallest absolute Gasteiger partial charge is 0.285 e. The maximum absolute atomic E-state index is 12.7. The number of likely N-dealkylation sites (tertiary alicyclic amines) is 1. The lowest BCUT2D eigenvalue weighted by molar-refractivity contribution is -0.131. The van der Waals surface area contributed by atoms with Crippen LogP contribution in [0.25, 0.3) is 4.91 Å². The molecule has 4 rings (SSSR count). The van der Waals surface area contributed by atoms with Crippen LogP contribution in [0.2, 0.25) is 5.02 Å². The van der Waals surface area contributed by atoms with Gasteiger partial charge in [0.05, 0.1) is 0 Å². The van der Waals surface area contributed by atoms with E-state index < -0.39 is 10.0 Å². The van der Waals surface area contributed by atoms with E-state index in [2.05, 4.69) is 9.71 Å². The van der Waals surface area contributed by atoms with Crippen LogP contribution in [0.3, 0.4) is 0 Å². The fraction of sp³-hybridized carbons (Fsp3) is 0.500. The van der Waals surface area contributed by atoms with Gasteiger partial charge in [0.15, 0.2) is 0 Å². The molecule has 0 radical (unpaired) electrons. The first-order valence-electron chi connectivity index (χ1n) is 9.84. The predicted molar refractivity (Wildman–Crippen MR) is 112 cm³/mol. The molecule has 156 valence electrons. The highest BCUT2D eigenvalue weighted by Gasteiger charge is 2.35. The van der Waals surface area contributed by atoms with Gasteiger partial charge >= 0.3 is 0 Å². The van der Waals surface area contributed by atoms with Crippen LogP contribution < -0.4 is 5.32 Å². The summed E-state index contributed by atoms with van der Waals surface area (Å²) < 4.78 is 34.9. The Hall–Kier alpha value is -1.90. The molecule has 0 spiro atoms. The summed E-state index contributed by atoms with van der Waals surface area (Å²) in [7, 11) is -3.77. The van der Waals surface area contributed by atoms with Crippen LogP contribution >= 0.6 is 11.6 Å². The molecule has 3 aliphatic heterocycles. The summed E-state index contributed by atoms with van der Waals surface area (Å²) in [6.07, 6.45) is 2.83. The molecule has 29 heavy (non-hydrogen) atoms. The van der Waals surface area contributed by atoms with Gasteiger partial charge in [-0.2, -0.15) is 8.42 Å². The predicted octanol–water partition coefficient (Wildman–Crippen LogP) is 2.57. The van der Waals surface area contributed by atoms with E-state index in [-0.39, 0.29) is 23.0 Å². The molecule has 1 amide bonds. The van der Waals surface area contributed by atoms with Crippen LogP contribution in [0, 0.1) is 0 Å². The third-order valence-electron chi connectivity index (χ3n) is 5.59. The Morgan fingerprint density at radius 2 is 2.03 bits per heavy atom. The lowest BCUT2D eigenvalue weighted by atomic mass is 10.0. The number of halogens is 1. The zero-order chi connectivity index (χ0) is 20.6. The Balaban J connectivity index is 1.45. The molecule has 3 heterocycles. The van der Waals surface area contributed by atoms with Crippen LogP contribution in [0.4, 0.5) is 0 Å². The number of rotatable bonds is 3. The van der Waals surface area contributed by atoms with Gasteiger partial charge in [0.2, 0.25) is 5.91 Å². The number of carbonyl (C=O) groups is 1. The molecule has 1 N–H and O–H groups in total. The fourth-order valence-electron chi connectivity index (χ4n) is 4.13. The number of amides is 1. The Kier molecular flexibility index (Phi) is 5.68. The van der Waals surface area contributed by atoms with Crippen molar-refractivity contribution in [1.82, 2.24) is 10.2 Å². The van der Waals surface area contributed by atoms with E-state index in [4.69, 9.17) is 16.3 Å². The number of benzene rings is 1. The Bertz CT molecular complexity index is 975. The lowest BCUT2D eigenvalue weighted by Gasteiger charge is -2.34. The summed E-state index contributed by atoms with van der Waals surface area (Å²) in [5, 5.41) is 3.55. The zero-order valence-electron chi connectivity index (χ0n) is 16.2. The number of nitrogens with zero attached hydrogens (tertiary/aromatic N) is 2. The molecular weight excluding hydrogens is 414 g/mol. The average Bonchev–Trinajstić information content (AvgIpc) is 3.29. The number of hydrogen-bond acceptors (Lipinski definition) is 5. The maximum atomic E-state index is 12.7. The molecule has 7 nitrogen and oxygen atoms in total. The van der Waals surface area contributed by atoms with Gasteiger partial charge in [-0.25, -0.2) is 0 Å². The first-order valence-corrected chi connectivity index (χ1v) is 11.7.